The van der Waals surface area contributed by atoms with Gasteiger partial charge in [0.1, 0.15) is 0 Å². The van der Waals surface area contributed by atoms with Crippen molar-refractivity contribution in [3.63, 3.8) is 0 Å². The Hall–Kier alpha value is -0.380. The first-order valence-electron chi connectivity index (χ1n) is 6.05. The van der Waals surface area contributed by atoms with Crippen LogP contribution in [0.25, 0.3) is 0 Å². The summed E-state index contributed by atoms with van der Waals surface area (Å²) in [5, 5.41) is 3.57. The Morgan fingerprint density at radius 1 is 1.38 bits per heavy atom. The summed E-state index contributed by atoms with van der Waals surface area (Å²) in [6, 6.07) is 0. The summed E-state index contributed by atoms with van der Waals surface area (Å²) in [5.41, 5.74) is 5.52. The largest absolute Gasteiger partial charge is 0.368 e. The summed E-state index contributed by atoms with van der Waals surface area (Å²) in [7, 11) is 0. The van der Waals surface area contributed by atoms with E-state index in [9.17, 15) is 0 Å². The van der Waals surface area contributed by atoms with Crippen molar-refractivity contribution in [2.45, 2.75) is 57.3 Å². The van der Waals surface area contributed by atoms with E-state index in [0.717, 1.165) is 19.4 Å². The molecule has 0 aromatic heterocycles. The topological polar surface area (TPSA) is 47.3 Å². The number of hydrogen-bond donors (Lipinski definition) is 2. The van der Waals surface area contributed by atoms with E-state index in [0.29, 0.717) is 6.54 Å². The van der Waals surface area contributed by atoms with Crippen molar-refractivity contribution < 1.29 is 4.74 Å². The molecule has 1 atom stereocenters. The lowest BCUT2D eigenvalue weighted by atomic mass is 9.79. The second kappa shape index (κ2) is 4.47. The number of ether oxygens (including phenoxy) is 1. The second-order valence-corrected chi connectivity index (χ2v) is 5.84. The molecule has 0 spiro atoms. The Kier molecular flexibility index (Phi) is 3.83. The third kappa shape index (κ3) is 2.47. The third-order valence-corrected chi connectivity index (χ3v) is 3.57. The van der Waals surface area contributed by atoms with Gasteiger partial charge in [-0.05, 0) is 47.1 Å². The summed E-state index contributed by atoms with van der Waals surface area (Å²) < 4.78 is 6.11. The summed E-state index contributed by atoms with van der Waals surface area (Å²) >= 11 is 0. The Labute approximate surface area is 99.4 Å². The maximum atomic E-state index is 6.11. The van der Waals surface area contributed by atoms with Crippen molar-refractivity contribution >= 4 is 0 Å². The van der Waals surface area contributed by atoms with Crippen LogP contribution in [0.15, 0.2) is 12.7 Å². The molecule has 0 amide bonds. The van der Waals surface area contributed by atoms with Crippen molar-refractivity contribution in [2.75, 3.05) is 13.1 Å². The quantitative estimate of drug-likeness (QED) is 0.555. The van der Waals surface area contributed by atoms with Gasteiger partial charge in [-0.2, -0.15) is 0 Å². The molecule has 1 aliphatic heterocycles. The van der Waals surface area contributed by atoms with Crippen LogP contribution in [-0.2, 0) is 4.74 Å². The van der Waals surface area contributed by atoms with Gasteiger partial charge in [0.05, 0.1) is 16.7 Å². The van der Waals surface area contributed by atoms with E-state index < -0.39 is 0 Å². The smallest absolute Gasteiger partial charge is 0.0827 e. The highest BCUT2D eigenvalue weighted by Gasteiger charge is 2.55. The number of rotatable bonds is 5. The predicted molar refractivity (Wildman–Crippen MR) is 68.5 cm³/mol. The monoisotopic (exact) mass is 226 g/mol. The van der Waals surface area contributed by atoms with Gasteiger partial charge in [-0.25, -0.2) is 0 Å². The Morgan fingerprint density at radius 2 is 2.00 bits per heavy atom. The number of nitrogens with two attached hydrogens (primary N) is 1. The lowest BCUT2D eigenvalue weighted by molar-refractivity contribution is -0.0819. The van der Waals surface area contributed by atoms with Gasteiger partial charge in [0.25, 0.3) is 0 Å². The molecule has 0 aromatic rings. The van der Waals surface area contributed by atoms with E-state index in [2.05, 4.69) is 39.6 Å². The molecule has 1 rings (SSSR count). The standard InChI is InChI=1S/C13H26N2O/c1-6-7-8-15-13(10-14)9-11(2,3)16-12(13,4)5/h6,15H,1,7-10,14H2,2-5H3. The Bertz CT molecular complexity index is 261. The molecule has 3 N–H and O–H groups in total. The van der Waals surface area contributed by atoms with Crippen molar-refractivity contribution in [2.24, 2.45) is 5.73 Å². The van der Waals surface area contributed by atoms with Crippen molar-refractivity contribution in [3.05, 3.63) is 12.7 Å². The Balaban J connectivity index is 2.81. The van der Waals surface area contributed by atoms with Crippen molar-refractivity contribution in [1.82, 2.24) is 5.32 Å². The van der Waals surface area contributed by atoms with E-state index in [1.807, 2.05) is 6.08 Å². The van der Waals surface area contributed by atoms with E-state index >= 15 is 0 Å². The molecule has 1 saturated heterocycles. The zero-order valence-electron chi connectivity index (χ0n) is 11.1. The fourth-order valence-electron chi connectivity index (χ4n) is 2.84. The van der Waals surface area contributed by atoms with Crippen LogP contribution >= 0.6 is 0 Å². The van der Waals surface area contributed by atoms with E-state index in [4.69, 9.17) is 10.5 Å². The van der Waals surface area contributed by atoms with Crippen LogP contribution in [0, 0.1) is 0 Å². The fourth-order valence-corrected chi connectivity index (χ4v) is 2.84. The summed E-state index contributed by atoms with van der Waals surface area (Å²) in [6.07, 6.45) is 3.82. The van der Waals surface area contributed by atoms with Crippen LogP contribution in [0.3, 0.4) is 0 Å². The molecule has 0 radical (unpaired) electrons. The lowest BCUT2D eigenvalue weighted by Gasteiger charge is -2.39. The third-order valence-electron chi connectivity index (χ3n) is 3.57. The van der Waals surface area contributed by atoms with Crippen molar-refractivity contribution in [3.8, 4) is 0 Å². The molecule has 1 unspecified atom stereocenters. The van der Waals surface area contributed by atoms with E-state index in [-0.39, 0.29) is 16.7 Å². The second-order valence-electron chi connectivity index (χ2n) is 5.84. The van der Waals surface area contributed by atoms with Gasteiger partial charge in [-0.1, -0.05) is 6.08 Å². The molecule has 1 fully saturated rings. The highest BCUT2D eigenvalue weighted by atomic mass is 16.5. The fraction of sp³-hybridized carbons (Fsp3) is 0.846. The van der Waals surface area contributed by atoms with Crippen LogP contribution < -0.4 is 11.1 Å². The highest BCUT2D eigenvalue weighted by molar-refractivity contribution is 5.12. The lowest BCUT2D eigenvalue weighted by Crippen LogP contribution is -2.61. The summed E-state index contributed by atoms with van der Waals surface area (Å²) in [4.78, 5) is 0. The average molecular weight is 226 g/mol. The zero-order chi connectivity index (χ0) is 12.4. The van der Waals surface area contributed by atoms with E-state index in [1.165, 1.54) is 0 Å². The molecule has 0 bridgehead atoms. The van der Waals surface area contributed by atoms with Crippen LogP contribution in [0.4, 0.5) is 0 Å². The van der Waals surface area contributed by atoms with Gasteiger partial charge in [-0.3, -0.25) is 0 Å². The minimum Gasteiger partial charge on any atom is -0.368 e. The normalized spacial score (nSPS) is 31.6. The molecule has 0 aliphatic carbocycles. The zero-order valence-corrected chi connectivity index (χ0v) is 11.1. The summed E-state index contributed by atoms with van der Waals surface area (Å²) in [6.45, 7) is 13.7. The van der Waals surface area contributed by atoms with Crippen LogP contribution in [0.2, 0.25) is 0 Å². The number of hydrogen-bond acceptors (Lipinski definition) is 3. The SMILES string of the molecule is C=CCCNC1(CN)CC(C)(C)OC1(C)C. The molecule has 1 aliphatic rings. The maximum Gasteiger partial charge on any atom is 0.0827 e. The first-order valence-corrected chi connectivity index (χ1v) is 6.05. The predicted octanol–water partition coefficient (Wildman–Crippen LogP) is 1.83. The molecule has 16 heavy (non-hydrogen) atoms. The van der Waals surface area contributed by atoms with Crippen LogP contribution in [0.1, 0.15) is 40.5 Å². The molecule has 3 nitrogen and oxygen atoms in total. The molecule has 1 heterocycles. The van der Waals surface area contributed by atoms with Gasteiger partial charge < -0.3 is 15.8 Å². The van der Waals surface area contributed by atoms with Crippen LogP contribution in [-0.4, -0.2) is 29.8 Å². The summed E-state index contributed by atoms with van der Waals surface area (Å²) in [5.74, 6) is 0. The van der Waals surface area contributed by atoms with Gasteiger partial charge in [0, 0.05) is 6.54 Å². The Morgan fingerprint density at radius 3 is 2.38 bits per heavy atom. The van der Waals surface area contributed by atoms with Gasteiger partial charge in [0.2, 0.25) is 0 Å². The van der Waals surface area contributed by atoms with Crippen molar-refractivity contribution in [1.29, 1.82) is 0 Å². The molecule has 3 heteroatoms. The molecule has 0 aromatic carbocycles. The van der Waals surface area contributed by atoms with Gasteiger partial charge in [-0.15, -0.1) is 6.58 Å². The first kappa shape index (κ1) is 13.7. The van der Waals surface area contributed by atoms with Gasteiger partial charge >= 0.3 is 0 Å². The molecular formula is C13H26N2O. The maximum absolute atomic E-state index is 6.11. The highest BCUT2D eigenvalue weighted by Crippen LogP contribution is 2.44. The molecular weight excluding hydrogens is 200 g/mol. The first-order chi connectivity index (χ1) is 7.29. The van der Waals surface area contributed by atoms with Gasteiger partial charge in [0.15, 0.2) is 0 Å². The average Bonchev–Trinajstić information content (AvgIpc) is 2.32. The minimum atomic E-state index is -0.230. The number of nitrogens with one attached hydrogen (secondary N) is 1. The minimum absolute atomic E-state index is 0.107. The molecule has 94 valence electrons. The van der Waals surface area contributed by atoms with E-state index in [1.54, 1.807) is 0 Å². The molecule has 0 saturated carbocycles. The van der Waals surface area contributed by atoms with Crippen LogP contribution in [0.5, 0.6) is 0 Å².